The molecule has 7 heteroatoms. The zero-order valence-electron chi connectivity index (χ0n) is 15.7. The van der Waals surface area contributed by atoms with Crippen LogP contribution in [0.2, 0.25) is 0 Å². The number of fused-ring (bicyclic) bond motifs is 1. The highest BCUT2D eigenvalue weighted by atomic mass is 28.3. The number of methoxy groups -OCH3 is 1. The van der Waals surface area contributed by atoms with Crippen molar-refractivity contribution in [2.24, 2.45) is 0 Å². The Hall–Kier alpha value is -2.03. The minimum Gasteiger partial charge on any atom is -0.457 e. The second-order valence-electron chi connectivity index (χ2n) is 6.78. The molecule has 4 rings (SSSR count). The van der Waals surface area contributed by atoms with Gasteiger partial charge in [0.1, 0.15) is 25.1 Å². The van der Waals surface area contributed by atoms with Crippen LogP contribution < -0.4 is 10.4 Å². The minimum atomic E-state index is -1.44. The van der Waals surface area contributed by atoms with Crippen molar-refractivity contribution in [1.29, 1.82) is 0 Å². The van der Waals surface area contributed by atoms with Crippen LogP contribution in [0, 0.1) is 0 Å². The molecule has 0 aliphatic carbocycles. The highest BCUT2D eigenvalue weighted by molar-refractivity contribution is 6.80. The maximum atomic E-state index is 11.6. The summed E-state index contributed by atoms with van der Waals surface area (Å²) in [6.07, 6.45) is -1.15. The van der Waals surface area contributed by atoms with Gasteiger partial charge in [-0.1, -0.05) is 60.7 Å². The molecule has 2 aromatic rings. The average molecular weight is 399 g/mol. The van der Waals surface area contributed by atoms with E-state index in [1.165, 1.54) is 0 Å². The molecule has 0 N–H and O–H groups in total. The Balaban J connectivity index is 1.49. The lowest BCUT2D eigenvalue weighted by Crippen LogP contribution is -2.47. The van der Waals surface area contributed by atoms with Gasteiger partial charge in [-0.2, -0.15) is 0 Å². The molecule has 28 heavy (non-hydrogen) atoms. The third-order valence-corrected chi connectivity index (χ3v) is 7.05. The SMILES string of the molecule is COCO[C@@H]1[C@@H]2OC(=O)C[C@@H]2O[C@@H]1CO[Si](c1ccccc1)c1ccccc1. The van der Waals surface area contributed by atoms with Crippen molar-refractivity contribution in [1.82, 2.24) is 0 Å². The fourth-order valence-corrected chi connectivity index (χ4v) is 5.62. The molecule has 147 valence electrons. The number of hydrogen-bond donors (Lipinski definition) is 0. The van der Waals surface area contributed by atoms with E-state index in [-0.39, 0.29) is 31.4 Å². The first-order chi connectivity index (χ1) is 13.8. The smallest absolute Gasteiger partial charge is 0.309 e. The Kier molecular flexibility index (Phi) is 6.19. The molecule has 0 amide bonds. The molecule has 0 aromatic heterocycles. The fourth-order valence-electron chi connectivity index (χ4n) is 3.63. The third kappa shape index (κ3) is 4.18. The van der Waals surface area contributed by atoms with E-state index in [1.54, 1.807) is 7.11 Å². The second-order valence-corrected chi connectivity index (χ2v) is 8.88. The van der Waals surface area contributed by atoms with Gasteiger partial charge in [-0.3, -0.25) is 4.79 Å². The predicted octanol–water partition coefficient (Wildman–Crippen LogP) is 0.881. The van der Waals surface area contributed by atoms with Gasteiger partial charge < -0.3 is 23.4 Å². The molecule has 2 aromatic carbocycles. The maximum Gasteiger partial charge on any atom is 0.309 e. The molecule has 2 fully saturated rings. The van der Waals surface area contributed by atoms with Crippen LogP contribution in [0.5, 0.6) is 0 Å². The lowest BCUT2D eigenvalue weighted by Gasteiger charge is -2.24. The summed E-state index contributed by atoms with van der Waals surface area (Å²) < 4.78 is 28.7. The normalized spacial score (nSPS) is 26.4. The van der Waals surface area contributed by atoms with E-state index < -0.39 is 21.2 Å². The molecular weight excluding hydrogens is 376 g/mol. The molecule has 1 radical (unpaired) electrons. The van der Waals surface area contributed by atoms with Crippen molar-refractivity contribution < 1.29 is 28.2 Å². The van der Waals surface area contributed by atoms with E-state index in [9.17, 15) is 4.79 Å². The molecule has 2 heterocycles. The lowest BCUT2D eigenvalue weighted by molar-refractivity contribution is -0.156. The second kappa shape index (κ2) is 8.98. The van der Waals surface area contributed by atoms with Crippen molar-refractivity contribution in [3.05, 3.63) is 60.7 Å². The van der Waals surface area contributed by atoms with Crippen LogP contribution in [0.25, 0.3) is 0 Å². The molecule has 4 atom stereocenters. The summed E-state index contributed by atoms with van der Waals surface area (Å²) in [5, 5.41) is 2.33. The van der Waals surface area contributed by atoms with Gasteiger partial charge >= 0.3 is 5.97 Å². The molecule has 2 aliphatic rings. The Morgan fingerprint density at radius 3 is 2.29 bits per heavy atom. The molecule has 0 unspecified atom stereocenters. The Labute approximate surface area is 166 Å². The monoisotopic (exact) mass is 399 g/mol. The fraction of sp³-hybridized carbons (Fsp3) is 0.381. The van der Waals surface area contributed by atoms with Gasteiger partial charge in [0.05, 0.1) is 13.0 Å². The van der Waals surface area contributed by atoms with Gasteiger partial charge in [-0.05, 0) is 10.4 Å². The number of rotatable bonds is 8. The predicted molar refractivity (Wildman–Crippen MR) is 104 cm³/mol. The van der Waals surface area contributed by atoms with Crippen molar-refractivity contribution in [3.63, 3.8) is 0 Å². The minimum absolute atomic E-state index is 0.112. The number of carbonyl (C=O) groups is 1. The molecule has 6 nitrogen and oxygen atoms in total. The standard InChI is InChI=1S/C21H23O6Si/c1-23-14-24-20-18(26-17-12-19(22)27-21(17)20)13-25-28(15-8-4-2-5-9-15)16-10-6-3-7-11-16/h2-11,17-18,20-21H,12-14H2,1H3/t17-,18+,20-,21+/m0/s1. The van der Waals surface area contributed by atoms with Crippen LogP contribution >= 0.6 is 0 Å². The van der Waals surface area contributed by atoms with Crippen molar-refractivity contribution >= 4 is 25.4 Å². The summed E-state index contributed by atoms with van der Waals surface area (Å²) in [7, 11) is 0.122. The first kappa shape index (κ1) is 19.3. The highest BCUT2D eigenvalue weighted by Crippen LogP contribution is 2.33. The van der Waals surface area contributed by atoms with Crippen LogP contribution in [0.4, 0.5) is 0 Å². The van der Waals surface area contributed by atoms with Crippen molar-refractivity contribution in [2.45, 2.75) is 30.8 Å². The maximum absolute atomic E-state index is 11.6. The van der Waals surface area contributed by atoms with Crippen molar-refractivity contribution in [3.8, 4) is 0 Å². The van der Waals surface area contributed by atoms with Crippen LogP contribution in [-0.2, 0) is 28.2 Å². The van der Waals surface area contributed by atoms with Crippen LogP contribution in [-0.4, -0.2) is 59.9 Å². The molecule has 2 saturated heterocycles. The quantitative estimate of drug-likeness (QED) is 0.373. The van der Waals surface area contributed by atoms with Gasteiger partial charge in [0.15, 0.2) is 6.10 Å². The molecular formula is C21H23O6Si. The van der Waals surface area contributed by atoms with Gasteiger partial charge in [-0.25, -0.2) is 0 Å². The van der Waals surface area contributed by atoms with Gasteiger partial charge in [0.25, 0.3) is 9.04 Å². The molecule has 0 spiro atoms. The number of esters is 1. The zero-order chi connectivity index (χ0) is 19.3. The lowest BCUT2D eigenvalue weighted by atomic mass is 10.1. The molecule has 2 aliphatic heterocycles. The first-order valence-electron chi connectivity index (χ1n) is 9.32. The van der Waals surface area contributed by atoms with E-state index in [0.29, 0.717) is 6.61 Å². The largest absolute Gasteiger partial charge is 0.457 e. The number of benzene rings is 2. The van der Waals surface area contributed by atoms with Gasteiger partial charge in [0.2, 0.25) is 0 Å². The number of hydrogen-bond acceptors (Lipinski definition) is 6. The summed E-state index contributed by atoms with van der Waals surface area (Å²) >= 11 is 0. The third-order valence-electron chi connectivity index (χ3n) is 4.88. The topological polar surface area (TPSA) is 63.2 Å². The summed E-state index contributed by atoms with van der Waals surface area (Å²) in [6.45, 7) is 0.470. The van der Waals surface area contributed by atoms with Crippen LogP contribution in [0.1, 0.15) is 6.42 Å². The molecule has 0 bridgehead atoms. The summed E-state index contributed by atoms with van der Waals surface area (Å²) in [4.78, 5) is 11.6. The van der Waals surface area contributed by atoms with Crippen molar-refractivity contribution in [2.75, 3.05) is 20.5 Å². The number of carbonyl (C=O) groups excluding carboxylic acids is 1. The Morgan fingerprint density at radius 1 is 1.04 bits per heavy atom. The van der Waals surface area contributed by atoms with E-state index in [1.807, 2.05) is 36.4 Å². The van der Waals surface area contributed by atoms with E-state index in [4.69, 9.17) is 23.4 Å². The van der Waals surface area contributed by atoms with E-state index in [0.717, 1.165) is 10.4 Å². The van der Waals surface area contributed by atoms with Crippen LogP contribution in [0.3, 0.4) is 0 Å². The summed E-state index contributed by atoms with van der Waals surface area (Å²) in [5.74, 6) is -0.251. The zero-order valence-corrected chi connectivity index (χ0v) is 16.7. The van der Waals surface area contributed by atoms with E-state index >= 15 is 0 Å². The summed E-state index contributed by atoms with van der Waals surface area (Å²) in [6, 6.07) is 20.4. The highest BCUT2D eigenvalue weighted by Gasteiger charge is 2.52. The Morgan fingerprint density at radius 2 is 1.68 bits per heavy atom. The van der Waals surface area contributed by atoms with Gasteiger partial charge in [0, 0.05) is 7.11 Å². The molecule has 0 saturated carbocycles. The van der Waals surface area contributed by atoms with Gasteiger partial charge in [-0.15, -0.1) is 0 Å². The average Bonchev–Trinajstić information content (AvgIpc) is 3.24. The summed E-state index contributed by atoms with van der Waals surface area (Å²) in [5.41, 5.74) is 0. The Bertz CT molecular complexity index is 731. The number of ether oxygens (including phenoxy) is 4. The van der Waals surface area contributed by atoms with E-state index in [2.05, 4.69) is 24.3 Å². The van der Waals surface area contributed by atoms with Crippen LogP contribution in [0.15, 0.2) is 60.7 Å². The first-order valence-corrected chi connectivity index (χ1v) is 10.7.